The van der Waals surface area contributed by atoms with Crippen molar-refractivity contribution in [2.45, 2.75) is 13.0 Å². The third-order valence-corrected chi connectivity index (χ3v) is 3.10. The predicted octanol–water partition coefficient (Wildman–Crippen LogP) is 4.45. The van der Waals surface area contributed by atoms with Crippen LogP contribution in [0.1, 0.15) is 16.9 Å². The first-order valence-corrected chi connectivity index (χ1v) is 6.68. The number of benzene rings is 2. The quantitative estimate of drug-likeness (QED) is 0.679. The van der Waals surface area contributed by atoms with Crippen LogP contribution in [0.4, 0.5) is 0 Å². The minimum absolute atomic E-state index is 0.561. The van der Waals surface area contributed by atoms with E-state index in [9.17, 15) is 0 Å². The Labute approximate surface area is 118 Å². The topological polar surface area (TPSA) is 22.4 Å². The van der Waals surface area contributed by atoms with E-state index in [4.69, 9.17) is 9.15 Å². The number of furan rings is 1. The van der Waals surface area contributed by atoms with Crippen LogP contribution in [0.15, 0.2) is 77.4 Å². The maximum atomic E-state index is 5.72. The molecule has 0 bridgehead atoms. The number of rotatable bonds is 5. The van der Waals surface area contributed by atoms with Crippen molar-refractivity contribution in [3.05, 3.63) is 89.9 Å². The molecule has 0 saturated carbocycles. The third kappa shape index (κ3) is 3.29. The fourth-order valence-corrected chi connectivity index (χ4v) is 2.07. The van der Waals surface area contributed by atoms with E-state index in [1.165, 1.54) is 5.56 Å². The predicted molar refractivity (Wildman–Crippen MR) is 78.7 cm³/mol. The zero-order valence-corrected chi connectivity index (χ0v) is 11.2. The minimum atomic E-state index is 0.561. The summed E-state index contributed by atoms with van der Waals surface area (Å²) in [6.07, 6.45) is 2.46. The van der Waals surface area contributed by atoms with Gasteiger partial charge in [-0.05, 0) is 11.1 Å². The summed E-state index contributed by atoms with van der Waals surface area (Å²) in [6.45, 7) is 0.561. The summed E-state index contributed by atoms with van der Waals surface area (Å²) in [5.74, 6) is 1.69. The molecule has 2 heteroatoms. The molecule has 1 heterocycles. The molecule has 0 atom stereocenters. The number of hydrogen-bond acceptors (Lipinski definition) is 2. The average molecular weight is 264 g/mol. The molecule has 0 aliphatic carbocycles. The molecule has 0 spiro atoms. The third-order valence-electron chi connectivity index (χ3n) is 3.10. The number of hydrogen-bond donors (Lipinski definition) is 0. The van der Waals surface area contributed by atoms with Gasteiger partial charge in [-0.3, -0.25) is 0 Å². The highest BCUT2D eigenvalue weighted by Crippen LogP contribution is 2.20. The Morgan fingerprint density at radius 1 is 0.800 bits per heavy atom. The van der Waals surface area contributed by atoms with Crippen molar-refractivity contribution >= 4 is 0 Å². The van der Waals surface area contributed by atoms with Crippen LogP contribution in [0.25, 0.3) is 0 Å². The molecule has 0 aliphatic rings. The van der Waals surface area contributed by atoms with Crippen molar-refractivity contribution in [1.82, 2.24) is 0 Å². The first-order valence-electron chi connectivity index (χ1n) is 6.68. The minimum Gasteiger partial charge on any atom is -0.486 e. The van der Waals surface area contributed by atoms with Crippen molar-refractivity contribution in [3.8, 4) is 5.75 Å². The van der Waals surface area contributed by atoms with Gasteiger partial charge in [0.25, 0.3) is 0 Å². The molecule has 100 valence electrons. The lowest BCUT2D eigenvalue weighted by molar-refractivity contribution is 0.302. The monoisotopic (exact) mass is 264 g/mol. The Morgan fingerprint density at radius 2 is 1.45 bits per heavy atom. The summed E-state index contributed by atoms with van der Waals surface area (Å²) in [7, 11) is 0. The first-order chi connectivity index (χ1) is 9.90. The second-order valence-electron chi connectivity index (χ2n) is 4.69. The van der Waals surface area contributed by atoms with Crippen molar-refractivity contribution in [3.63, 3.8) is 0 Å². The van der Waals surface area contributed by atoms with E-state index < -0.39 is 0 Å². The number of ether oxygens (including phenoxy) is 1. The molecule has 2 nitrogen and oxygen atoms in total. The van der Waals surface area contributed by atoms with Gasteiger partial charge in [-0.15, -0.1) is 0 Å². The van der Waals surface area contributed by atoms with E-state index in [0.29, 0.717) is 6.61 Å². The lowest BCUT2D eigenvalue weighted by atomic mass is 10.1. The van der Waals surface area contributed by atoms with Gasteiger partial charge in [-0.25, -0.2) is 0 Å². The molecular formula is C18H16O2. The molecule has 0 radical (unpaired) electrons. The highest BCUT2D eigenvalue weighted by molar-refractivity contribution is 5.26. The van der Waals surface area contributed by atoms with Gasteiger partial charge in [0.05, 0.1) is 0 Å². The fourth-order valence-electron chi connectivity index (χ4n) is 2.07. The smallest absolute Gasteiger partial charge is 0.158 e. The van der Waals surface area contributed by atoms with Crippen molar-refractivity contribution < 1.29 is 9.15 Å². The van der Waals surface area contributed by atoms with Crippen LogP contribution in [0.5, 0.6) is 5.75 Å². The first kappa shape index (κ1) is 12.5. The normalized spacial score (nSPS) is 10.4. The summed E-state index contributed by atoms with van der Waals surface area (Å²) in [6, 6.07) is 22.3. The molecule has 0 aliphatic heterocycles. The molecule has 3 aromatic rings. The van der Waals surface area contributed by atoms with E-state index in [2.05, 4.69) is 12.1 Å². The molecule has 20 heavy (non-hydrogen) atoms. The Morgan fingerprint density at radius 3 is 2.15 bits per heavy atom. The van der Waals surface area contributed by atoms with Crippen LogP contribution in [0.3, 0.4) is 0 Å². The zero-order valence-electron chi connectivity index (χ0n) is 11.2. The standard InChI is InChI=1S/C18H16O2/c1-3-7-15(8-4-1)11-17-12-18(14-20-17)19-13-16-9-5-2-6-10-16/h1-10,12,14H,11,13H2. The van der Waals surface area contributed by atoms with Gasteiger partial charge < -0.3 is 9.15 Å². The van der Waals surface area contributed by atoms with Gasteiger partial charge in [0.1, 0.15) is 18.6 Å². The van der Waals surface area contributed by atoms with E-state index in [-0.39, 0.29) is 0 Å². The van der Waals surface area contributed by atoms with Gasteiger partial charge in [0.2, 0.25) is 0 Å². The maximum absolute atomic E-state index is 5.72. The molecule has 0 fully saturated rings. The second-order valence-corrected chi connectivity index (χ2v) is 4.69. The van der Waals surface area contributed by atoms with Gasteiger partial charge in [-0.2, -0.15) is 0 Å². The fraction of sp³-hybridized carbons (Fsp3) is 0.111. The van der Waals surface area contributed by atoms with Crippen LogP contribution >= 0.6 is 0 Å². The van der Waals surface area contributed by atoms with E-state index in [1.807, 2.05) is 54.6 Å². The lowest BCUT2D eigenvalue weighted by Gasteiger charge is -2.02. The Kier molecular flexibility index (Phi) is 3.83. The molecule has 0 N–H and O–H groups in total. The van der Waals surface area contributed by atoms with E-state index >= 15 is 0 Å². The molecule has 0 saturated heterocycles. The van der Waals surface area contributed by atoms with Crippen LogP contribution in [0.2, 0.25) is 0 Å². The summed E-state index contributed by atoms with van der Waals surface area (Å²) >= 11 is 0. The van der Waals surface area contributed by atoms with Gasteiger partial charge >= 0.3 is 0 Å². The Bertz CT molecular complexity index is 641. The van der Waals surface area contributed by atoms with E-state index in [0.717, 1.165) is 23.5 Å². The zero-order chi connectivity index (χ0) is 13.6. The molecule has 2 aromatic carbocycles. The average Bonchev–Trinajstić information content (AvgIpc) is 2.95. The van der Waals surface area contributed by atoms with Crippen LogP contribution in [-0.4, -0.2) is 0 Å². The highest BCUT2D eigenvalue weighted by atomic mass is 16.5. The second kappa shape index (κ2) is 6.11. The molecular weight excluding hydrogens is 248 g/mol. The van der Waals surface area contributed by atoms with Crippen LogP contribution < -0.4 is 4.74 Å². The van der Waals surface area contributed by atoms with Crippen molar-refractivity contribution in [2.75, 3.05) is 0 Å². The largest absolute Gasteiger partial charge is 0.486 e. The summed E-state index contributed by atoms with van der Waals surface area (Å²) < 4.78 is 11.2. The van der Waals surface area contributed by atoms with Gasteiger partial charge in [0.15, 0.2) is 5.75 Å². The Balaban J connectivity index is 1.60. The van der Waals surface area contributed by atoms with Crippen molar-refractivity contribution in [1.29, 1.82) is 0 Å². The molecule has 3 rings (SSSR count). The molecule has 0 amide bonds. The molecule has 1 aromatic heterocycles. The Hall–Kier alpha value is -2.48. The summed E-state index contributed by atoms with van der Waals surface area (Å²) in [5.41, 5.74) is 2.38. The molecule has 0 unspecified atom stereocenters. The van der Waals surface area contributed by atoms with Crippen molar-refractivity contribution in [2.24, 2.45) is 0 Å². The van der Waals surface area contributed by atoms with E-state index in [1.54, 1.807) is 6.26 Å². The van der Waals surface area contributed by atoms with Crippen LogP contribution in [0, 0.1) is 0 Å². The van der Waals surface area contributed by atoms with Gasteiger partial charge in [-0.1, -0.05) is 60.7 Å². The summed E-state index contributed by atoms with van der Waals surface area (Å²) in [4.78, 5) is 0. The highest BCUT2D eigenvalue weighted by Gasteiger charge is 2.04. The SMILES string of the molecule is c1ccc(COc2coc(Cc3ccccc3)c2)cc1. The lowest BCUT2D eigenvalue weighted by Crippen LogP contribution is -1.93. The van der Waals surface area contributed by atoms with Gasteiger partial charge in [0, 0.05) is 12.5 Å². The maximum Gasteiger partial charge on any atom is 0.158 e. The summed E-state index contributed by atoms with van der Waals surface area (Å²) in [5, 5.41) is 0. The van der Waals surface area contributed by atoms with Crippen LogP contribution in [-0.2, 0) is 13.0 Å².